The van der Waals surface area contributed by atoms with Crippen LogP contribution in [0.15, 0.2) is 5.76 Å². The molecule has 0 aliphatic rings. The van der Waals surface area contributed by atoms with E-state index in [0.717, 1.165) is 0 Å². The van der Waals surface area contributed by atoms with Crippen molar-refractivity contribution in [3.8, 4) is 0 Å². The first-order valence-electron chi connectivity index (χ1n) is 2.05. The molecule has 0 amide bonds. The van der Waals surface area contributed by atoms with E-state index in [1.807, 2.05) is 6.55 Å². The Morgan fingerprint density at radius 2 is 2.29 bits per heavy atom. The van der Waals surface area contributed by atoms with Gasteiger partial charge in [-0.15, -0.1) is 0 Å². The van der Waals surface area contributed by atoms with Crippen LogP contribution in [0.1, 0.15) is 6.92 Å². The van der Waals surface area contributed by atoms with E-state index in [4.69, 9.17) is 11.0 Å². The fourth-order valence-electron chi connectivity index (χ4n) is 0.275. The van der Waals surface area contributed by atoms with E-state index in [9.17, 15) is 0 Å². The number of hydrogen-bond acceptors (Lipinski definition) is 1. The normalized spacial score (nSPS) is 7.57. The molecular formula is C5H9OSi+. The topological polar surface area (TPSA) is 9.23 Å². The van der Waals surface area contributed by atoms with Gasteiger partial charge in [-0.3, -0.25) is 0 Å². The summed E-state index contributed by atoms with van der Waals surface area (Å²) >= 11 is 0. The monoisotopic (exact) mass is 113 g/mol. The highest BCUT2D eigenvalue weighted by molar-refractivity contribution is 6.54. The highest BCUT2D eigenvalue weighted by Crippen LogP contribution is 1.86. The second-order valence-electron chi connectivity index (χ2n) is 1.41. The van der Waals surface area contributed by atoms with Crippen LogP contribution < -0.4 is 0 Å². The third-order valence-electron chi connectivity index (χ3n) is 0.335. The second kappa shape index (κ2) is 2.67. The maximum atomic E-state index is 5.17. The van der Waals surface area contributed by atoms with Crippen LogP contribution in [0, 0.1) is 6.58 Å². The van der Waals surface area contributed by atoms with Crippen molar-refractivity contribution in [2.75, 3.05) is 0 Å². The fourth-order valence-corrected chi connectivity index (χ4v) is 0.824. The van der Waals surface area contributed by atoms with Gasteiger partial charge in [-0.1, -0.05) is 6.17 Å². The third kappa shape index (κ3) is 5.54. The molecule has 0 unspecified atom stereocenters. The first-order chi connectivity index (χ1) is 3.13. The molecule has 0 aliphatic carbocycles. The van der Waals surface area contributed by atoms with Gasteiger partial charge in [0.2, 0.25) is 15.2 Å². The lowest BCUT2D eigenvalue weighted by molar-refractivity contribution is 0.456. The summed E-state index contributed by atoms with van der Waals surface area (Å²) in [6.45, 7) is 8.83. The van der Waals surface area contributed by atoms with Crippen LogP contribution in [-0.4, -0.2) is 14.8 Å². The summed E-state index contributed by atoms with van der Waals surface area (Å²) in [5.41, 5.74) is 0. The van der Waals surface area contributed by atoms with Gasteiger partial charge in [0.05, 0.1) is 0 Å². The molecule has 0 spiro atoms. The lowest BCUT2D eigenvalue weighted by Crippen LogP contribution is -1.97. The molecule has 0 radical (unpaired) electrons. The van der Waals surface area contributed by atoms with Crippen molar-refractivity contribution in [1.29, 1.82) is 0 Å². The largest absolute Gasteiger partial charge is 0.484 e. The molecule has 0 aliphatic heterocycles. The van der Waals surface area contributed by atoms with E-state index in [-0.39, 0.29) is 0 Å². The maximum Gasteiger partial charge on any atom is 0.325 e. The van der Waals surface area contributed by atoms with Gasteiger partial charge >= 0.3 is 5.76 Å². The molecule has 0 saturated heterocycles. The third-order valence-corrected chi connectivity index (χ3v) is 1.01. The number of rotatable bonds is 2. The smallest absolute Gasteiger partial charge is 0.325 e. The lowest BCUT2D eigenvalue weighted by atomic mass is 10.7. The number of hydrogen-bond donors (Lipinski definition) is 0. The first-order valence-corrected chi connectivity index (χ1v) is 4.17. The van der Waals surface area contributed by atoms with Gasteiger partial charge in [-0.25, -0.2) is 0 Å². The maximum absolute atomic E-state index is 5.17. The van der Waals surface area contributed by atoms with Crippen LogP contribution in [0.3, 0.4) is 0 Å². The van der Waals surface area contributed by atoms with Crippen LogP contribution in [0.5, 0.6) is 0 Å². The zero-order valence-corrected chi connectivity index (χ0v) is 5.69. The summed E-state index contributed by atoms with van der Waals surface area (Å²) in [5.74, 6) is 0.520. The van der Waals surface area contributed by atoms with Crippen molar-refractivity contribution >= 4 is 14.8 Å². The Morgan fingerprint density at radius 3 is 2.29 bits per heavy atom. The summed E-state index contributed by atoms with van der Waals surface area (Å²) in [7, 11) is -0.846. The van der Waals surface area contributed by atoms with Gasteiger partial charge in [-0.05, 0) is 6.55 Å². The molecular weight excluding hydrogens is 104 g/mol. The molecule has 0 rings (SSSR count). The summed E-state index contributed by atoms with van der Waals surface area (Å²) in [6, 6.07) is 0. The van der Waals surface area contributed by atoms with Gasteiger partial charge in [0.25, 0.3) is 0 Å². The average molecular weight is 113 g/mol. The fraction of sp³-hybridized carbons (Fsp3) is 0.400. The average Bonchev–Trinajstić information content (AvgIpc) is 1.27. The summed E-state index contributed by atoms with van der Waals surface area (Å²) in [5, 5.41) is 0. The van der Waals surface area contributed by atoms with E-state index in [2.05, 4.69) is 6.17 Å². The van der Waals surface area contributed by atoms with Gasteiger partial charge < -0.3 is 4.43 Å². The predicted molar refractivity (Wildman–Crippen MR) is 33.3 cm³/mol. The Kier molecular flexibility index (Phi) is 2.49. The molecule has 2 heteroatoms. The zero-order chi connectivity index (χ0) is 5.86. The Hall–Kier alpha value is -0.463. The minimum absolute atomic E-state index is 0.520. The minimum Gasteiger partial charge on any atom is -0.484 e. The van der Waals surface area contributed by atoms with Crippen molar-refractivity contribution in [2.45, 2.75) is 13.5 Å². The van der Waals surface area contributed by atoms with Crippen molar-refractivity contribution in [1.82, 2.24) is 0 Å². The van der Waals surface area contributed by atoms with E-state index in [0.29, 0.717) is 5.76 Å². The molecule has 0 bridgehead atoms. The second-order valence-corrected chi connectivity index (χ2v) is 3.02. The molecule has 38 valence electrons. The van der Waals surface area contributed by atoms with Crippen molar-refractivity contribution < 1.29 is 4.43 Å². The quantitative estimate of drug-likeness (QED) is 0.294. The highest BCUT2D eigenvalue weighted by Gasteiger charge is 1.92. The zero-order valence-electron chi connectivity index (χ0n) is 4.69. The highest BCUT2D eigenvalue weighted by atomic mass is 28.3. The van der Waals surface area contributed by atoms with Gasteiger partial charge in [-0.2, -0.15) is 0 Å². The summed E-state index contributed by atoms with van der Waals surface area (Å²) in [4.78, 5) is 0. The van der Waals surface area contributed by atoms with E-state index in [1.54, 1.807) is 6.92 Å². The Bertz CT molecular complexity index is 84.3. The molecule has 0 atom stereocenters. The molecule has 0 fully saturated rings. The minimum atomic E-state index is -0.846. The Morgan fingerprint density at radius 1 is 1.86 bits per heavy atom. The molecule has 0 heterocycles. The van der Waals surface area contributed by atoms with Crippen molar-refractivity contribution in [3.63, 3.8) is 0 Å². The SMILES string of the molecule is [CH+]=C(C)O[Si](=C)C. The summed E-state index contributed by atoms with van der Waals surface area (Å²) in [6.07, 6.45) is 3.66. The van der Waals surface area contributed by atoms with Gasteiger partial charge in [0.1, 0.15) is 0 Å². The van der Waals surface area contributed by atoms with Gasteiger partial charge in [0.15, 0.2) is 0 Å². The lowest BCUT2D eigenvalue weighted by Gasteiger charge is -1.90. The standard InChI is InChI=1S/C5H9OSi/c1-5(2)6-7(3)4/h1H,3H2,2,4H3/q+1. The van der Waals surface area contributed by atoms with E-state index >= 15 is 0 Å². The number of allylic oxidation sites excluding steroid dienone is 1. The van der Waals surface area contributed by atoms with Crippen molar-refractivity contribution in [2.24, 2.45) is 0 Å². The van der Waals surface area contributed by atoms with Gasteiger partial charge in [0, 0.05) is 6.92 Å². The molecule has 0 saturated carbocycles. The molecule has 0 aromatic carbocycles. The molecule has 7 heavy (non-hydrogen) atoms. The molecule has 0 N–H and O–H groups in total. The molecule has 0 aromatic rings. The van der Waals surface area contributed by atoms with Crippen LogP contribution >= 0.6 is 0 Å². The van der Waals surface area contributed by atoms with Crippen LogP contribution in [0.25, 0.3) is 0 Å². The Balaban J connectivity index is 3.32. The van der Waals surface area contributed by atoms with E-state index in [1.165, 1.54) is 0 Å². The van der Waals surface area contributed by atoms with Crippen molar-refractivity contribution in [3.05, 3.63) is 12.3 Å². The predicted octanol–water partition coefficient (Wildman–Crippen LogP) is 0.975. The molecule has 1 nitrogen and oxygen atoms in total. The molecule has 0 aromatic heterocycles. The van der Waals surface area contributed by atoms with Crippen LogP contribution in [0.2, 0.25) is 6.55 Å². The van der Waals surface area contributed by atoms with Crippen LogP contribution in [-0.2, 0) is 4.43 Å². The van der Waals surface area contributed by atoms with E-state index < -0.39 is 8.65 Å². The first kappa shape index (κ1) is 6.54. The summed E-state index contributed by atoms with van der Waals surface area (Å²) < 4.78 is 4.94. The Labute approximate surface area is 46.0 Å². The van der Waals surface area contributed by atoms with Crippen LogP contribution in [0.4, 0.5) is 0 Å².